The maximum atomic E-state index is 11.5. The van der Waals surface area contributed by atoms with E-state index in [1.54, 1.807) is 6.20 Å². The van der Waals surface area contributed by atoms with Crippen molar-refractivity contribution in [2.75, 3.05) is 25.2 Å². The summed E-state index contributed by atoms with van der Waals surface area (Å²) < 4.78 is 10.7. The molecule has 6 nitrogen and oxygen atoms in total. The Labute approximate surface area is 116 Å². The summed E-state index contributed by atoms with van der Waals surface area (Å²) in [7, 11) is 0. The quantitative estimate of drug-likeness (QED) is 0.883. The molecule has 1 aromatic carbocycles. The number of aromatic nitrogens is 1. The molecular weight excluding hydrogens is 258 g/mol. The average molecular weight is 273 g/mol. The fourth-order valence-electron chi connectivity index (χ4n) is 2.13. The molecule has 1 amide bonds. The van der Waals surface area contributed by atoms with Gasteiger partial charge in [-0.2, -0.15) is 0 Å². The number of fused-ring (bicyclic) bond motifs is 2. The third-order valence-electron chi connectivity index (χ3n) is 3.05. The number of anilines is 1. The standard InChI is InChI=1S/C14H15N3O3/c1-2-15-13(18)7-17-14-10-6-12-11(19-8-20-12)5-9(10)3-4-16-14/h3-6H,2,7-8H2,1H3,(H,15,18)(H,16,17). The van der Waals surface area contributed by atoms with Crippen LogP contribution in [0.25, 0.3) is 10.8 Å². The van der Waals surface area contributed by atoms with E-state index < -0.39 is 0 Å². The highest BCUT2D eigenvalue weighted by Crippen LogP contribution is 2.37. The first kappa shape index (κ1) is 12.5. The van der Waals surface area contributed by atoms with Gasteiger partial charge in [0.25, 0.3) is 0 Å². The number of likely N-dealkylation sites (N-methyl/N-ethyl adjacent to an activating group) is 1. The minimum absolute atomic E-state index is 0.0629. The highest BCUT2D eigenvalue weighted by Gasteiger charge is 2.16. The number of nitrogens with zero attached hydrogens (tertiary/aromatic N) is 1. The van der Waals surface area contributed by atoms with Crippen LogP contribution in [0.5, 0.6) is 11.5 Å². The fourth-order valence-corrected chi connectivity index (χ4v) is 2.13. The van der Waals surface area contributed by atoms with Crippen LogP contribution >= 0.6 is 0 Å². The molecule has 6 heteroatoms. The van der Waals surface area contributed by atoms with E-state index in [-0.39, 0.29) is 19.2 Å². The molecule has 20 heavy (non-hydrogen) atoms. The third-order valence-corrected chi connectivity index (χ3v) is 3.05. The molecule has 2 heterocycles. The molecule has 1 aliphatic heterocycles. The summed E-state index contributed by atoms with van der Waals surface area (Å²) in [4.78, 5) is 15.8. The van der Waals surface area contributed by atoms with E-state index in [1.165, 1.54) is 0 Å². The molecule has 0 fully saturated rings. The van der Waals surface area contributed by atoms with Gasteiger partial charge in [-0.3, -0.25) is 4.79 Å². The van der Waals surface area contributed by atoms with Crippen LogP contribution < -0.4 is 20.1 Å². The summed E-state index contributed by atoms with van der Waals surface area (Å²) in [5.41, 5.74) is 0. The van der Waals surface area contributed by atoms with E-state index in [4.69, 9.17) is 9.47 Å². The van der Waals surface area contributed by atoms with Crippen LogP contribution in [0.15, 0.2) is 24.4 Å². The Kier molecular flexibility index (Phi) is 3.28. The molecule has 0 spiro atoms. The van der Waals surface area contributed by atoms with Crippen molar-refractivity contribution in [2.24, 2.45) is 0 Å². The van der Waals surface area contributed by atoms with Crippen LogP contribution in [0, 0.1) is 0 Å². The largest absolute Gasteiger partial charge is 0.454 e. The zero-order chi connectivity index (χ0) is 13.9. The second-order valence-corrected chi connectivity index (χ2v) is 4.39. The van der Waals surface area contributed by atoms with E-state index >= 15 is 0 Å². The smallest absolute Gasteiger partial charge is 0.239 e. The molecule has 0 bridgehead atoms. The number of rotatable bonds is 4. The number of ether oxygens (including phenoxy) is 2. The zero-order valence-corrected chi connectivity index (χ0v) is 11.1. The Morgan fingerprint density at radius 1 is 1.35 bits per heavy atom. The lowest BCUT2D eigenvalue weighted by Crippen LogP contribution is -2.29. The molecule has 104 valence electrons. The number of nitrogens with one attached hydrogen (secondary N) is 2. The topological polar surface area (TPSA) is 72.5 Å². The summed E-state index contributed by atoms with van der Waals surface area (Å²) in [5, 5.41) is 7.67. The fraction of sp³-hybridized carbons (Fsp3) is 0.286. The van der Waals surface area contributed by atoms with Gasteiger partial charge in [-0.15, -0.1) is 0 Å². The van der Waals surface area contributed by atoms with Gasteiger partial charge >= 0.3 is 0 Å². The molecule has 1 aliphatic rings. The van der Waals surface area contributed by atoms with Crippen molar-refractivity contribution in [2.45, 2.75) is 6.92 Å². The Bertz CT molecular complexity index is 657. The van der Waals surface area contributed by atoms with Crippen LogP contribution in [0.4, 0.5) is 5.82 Å². The number of carbonyl (C=O) groups excluding carboxylic acids is 1. The first-order valence-corrected chi connectivity index (χ1v) is 6.47. The minimum atomic E-state index is -0.0629. The van der Waals surface area contributed by atoms with Crippen molar-refractivity contribution >= 4 is 22.5 Å². The van der Waals surface area contributed by atoms with Crippen LogP contribution in [-0.2, 0) is 4.79 Å². The van der Waals surface area contributed by atoms with Crippen molar-refractivity contribution in [3.63, 3.8) is 0 Å². The van der Waals surface area contributed by atoms with Gasteiger partial charge in [-0.1, -0.05) is 0 Å². The number of hydrogen-bond acceptors (Lipinski definition) is 5. The Morgan fingerprint density at radius 3 is 2.95 bits per heavy atom. The van der Waals surface area contributed by atoms with Crippen molar-refractivity contribution in [1.29, 1.82) is 0 Å². The first-order valence-electron chi connectivity index (χ1n) is 6.47. The van der Waals surface area contributed by atoms with Gasteiger partial charge in [0.2, 0.25) is 12.7 Å². The average Bonchev–Trinajstić information content (AvgIpc) is 2.90. The SMILES string of the molecule is CCNC(=O)CNc1nccc2cc3c(cc12)OCO3. The molecule has 0 saturated heterocycles. The van der Waals surface area contributed by atoms with Gasteiger partial charge in [-0.05, 0) is 30.5 Å². The predicted molar refractivity (Wildman–Crippen MR) is 75.0 cm³/mol. The summed E-state index contributed by atoms with van der Waals surface area (Å²) in [6.07, 6.45) is 1.70. The van der Waals surface area contributed by atoms with Crippen molar-refractivity contribution < 1.29 is 14.3 Å². The summed E-state index contributed by atoms with van der Waals surface area (Å²) in [5.74, 6) is 2.03. The van der Waals surface area contributed by atoms with Crippen LogP contribution in [-0.4, -0.2) is 30.8 Å². The highest BCUT2D eigenvalue weighted by molar-refractivity contribution is 5.95. The minimum Gasteiger partial charge on any atom is -0.454 e. The van der Waals surface area contributed by atoms with Crippen LogP contribution in [0.1, 0.15) is 6.92 Å². The maximum absolute atomic E-state index is 11.5. The van der Waals surface area contributed by atoms with Gasteiger partial charge in [0.15, 0.2) is 11.5 Å². The van der Waals surface area contributed by atoms with Crippen molar-refractivity contribution in [3.8, 4) is 11.5 Å². The number of benzene rings is 1. The predicted octanol–water partition coefficient (Wildman–Crippen LogP) is 1.51. The van der Waals surface area contributed by atoms with Crippen molar-refractivity contribution in [3.05, 3.63) is 24.4 Å². The molecule has 0 radical (unpaired) electrons. The summed E-state index contributed by atoms with van der Waals surface area (Å²) in [6.45, 7) is 2.92. The highest BCUT2D eigenvalue weighted by atomic mass is 16.7. The van der Waals surface area contributed by atoms with E-state index in [2.05, 4.69) is 15.6 Å². The van der Waals surface area contributed by atoms with Gasteiger partial charge in [0, 0.05) is 18.1 Å². The van der Waals surface area contributed by atoms with E-state index in [0.717, 1.165) is 16.5 Å². The lowest BCUT2D eigenvalue weighted by molar-refractivity contribution is -0.119. The molecule has 2 N–H and O–H groups in total. The Balaban J connectivity index is 1.89. The molecule has 3 rings (SSSR count). The Hall–Kier alpha value is -2.50. The molecular formula is C14H15N3O3. The number of pyridine rings is 1. The molecule has 2 aromatic rings. The van der Waals surface area contributed by atoms with E-state index in [0.29, 0.717) is 18.1 Å². The molecule has 0 atom stereocenters. The monoisotopic (exact) mass is 273 g/mol. The molecule has 0 saturated carbocycles. The van der Waals surface area contributed by atoms with Gasteiger partial charge in [0.05, 0.1) is 6.54 Å². The van der Waals surface area contributed by atoms with Crippen molar-refractivity contribution in [1.82, 2.24) is 10.3 Å². The number of hydrogen-bond donors (Lipinski definition) is 2. The van der Waals surface area contributed by atoms with E-state index in [1.807, 2.05) is 25.1 Å². The van der Waals surface area contributed by atoms with Crippen LogP contribution in [0.3, 0.4) is 0 Å². The lowest BCUT2D eigenvalue weighted by atomic mass is 10.1. The lowest BCUT2D eigenvalue weighted by Gasteiger charge is -2.09. The molecule has 0 aliphatic carbocycles. The second-order valence-electron chi connectivity index (χ2n) is 4.39. The number of amides is 1. The zero-order valence-electron chi connectivity index (χ0n) is 11.1. The second kappa shape index (κ2) is 5.24. The molecule has 0 unspecified atom stereocenters. The maximum Gasteiger partial charge on any atom is 0.239 e. The normalized spacial score (nSPS) is 12.4. The molecule has 1 aromatic heterocycles. The third kappa shape index (κ3) is 2.32. The Morgan fingerprint density at radius 2 is 2.15 bits per heavy atom. The van der Waals surface area contributed by atoms with Crippen LogP contribution in [0.2, 0.25) is 0 Å². The first-order chi connectivity index (χ1) is 9.78. The van der Waals surface area contributed by atoms with Gasteiger partial charge < -0.3 is 20.1 Å². The van der Waals surface area contributed by atoms with E-state index in [9.17, 15) is 4.79 Å². The summed E-state index contributed by atoms with van der Waals surface area (Å²) in [6, 6.07) is 5.69. The summed E-state index contributed by atoms with van der Waals surface area (Å²) >= 11 is 0. The van der Waals surface area contributed by atoms with Gasteiger partial charge in [0.1, 0.15) is 5.82 Å². The van der Waals surface area contributed by atoms with Gasteiger partial charge in [-0.25, -0.2) is 4.98 Å². The number of carbonyl (C=O) groups is 1.